The lowest BCUT2D eigenvalue weighted by Gasteiger charge is -2.28. The van der Waals surface area contributed by atoms with Gasteiger partial charge < -0.3 is 19.3 Å². The molecule has 0 unspecified atom stereocenters. The van der Waals surface area contributed by atoms with Crippen LogP contribution in [0.25, 0.3) is 0 Å². The van der Waals surface area contributed by atoms with Gasteiger partial charge in [0.1, 0.15) is 0 Å². The van der Waals surface area contributed by atoms with Crippen LogP contribution in [0.1, 0.15) is 21.5 Å². The average Bonchev–Trinajstić information content (AvgIpc) is 2.99. The molecule has 2 heterocycles. The van der Waals surface area contributed by atoms with Crippen LogP contribution < -0.4 is 20.7 Å². The highest BCUT2D eigenvalue weighted by molar-refractivity contribution is 5.95. The Labute approximate surface area is 222 Å². The zero-order valence-electron chi connectivity index (χ0n) is 21.3. The van der Waals surface area contributed by atoms with Crippen molar-refractivity contribution >= 4 is 35.4 Å². The van der Waals surface area contributed by atoms with Crippen LogP contribution >= 0.6 is 0 Å². The van der Waals surface area contributed by atoms with E-state index in [1.807, 2.05) is 36.4 Å². The zero-order chi connectivity index (χ0) is 26.0. The van der Waals surface area contributed by atoms with Crippen molar-refractivity contribution in [2.24, 2.45) is 10.2 Å². The quantitative estimate of drug-likeness (QED) is 0.354. The molecule has 2 saturated heterocycles. The summed E-state index contributed by atoms with van der Waals surface area (Å²) in [7, 11) is 0. The van der Waals surface area contributed by atoms with Gasteiger partial charge in [0.15, 0.2) is 0 Å². The van der Waals surface area contributed by atoms with Gasteiger partial charge in [-0.2, -0.15) is 10.2 Å². The highest BCUT2D eigenvalue weighted by Gasteiger charge is 2.11. The van der Waals surface area contributed by atoms with E-state index >= 15 is 0 Å². The van der Waals surface area contributed by atoms with E-state index in [0.29, 0.717) is 5.56 Å². The SMILES string of the molecule is O=C(NN=Cc1ccc(N2CCOCC2)cc1)c1ccc(NN=Cc2ccc(N3CCOCC3)cc2)cc1. The molecule has 9 heteroatoms. The maximum absolute atomic E-state index is 12.4. The van der Waals surface area contributed by atoms with E-state index in [1.165, 1.54) is 5.69 Å². The van der Waals surface area contributed by atoms with Crippen LogP contribution in [0, 0.1) is 0 Å². The highest BCUT2D eigenvalue weighted by atomic mass is 16.5. The molecule has 2 aliphatic rings. The number of rotatable bonds is 8. The van der Waals surface area contributed by atoms with E-state index in [9.17, 15) is 4.79 Å². The largest absolute Gasteiger partial charge is 0.378 e. The Morgan fingerprint density at radius 1 is 0.658 bits per heavy atom. The molecule has 0 radical (unpaired) electrons. The molecule has 196 valence electrons. The third-order valence-corrected chi connectivity index (χ3v) is 6.47. The van der Waals surface area contributed by atoms with Crippen LogP contribution in [0.5, 0.6) is 0 Å². The molecule has 0 bridgehead atoms. The summed E-state index contributed by atoms with van der Waals surface area (Å²) >= 11 is 0. The van der Waals surface area contributed by atoms with E-state index in [0.717, 1.165) is 75.1 Å². The molecule has 2 N–H and O–H groups in total. The van der Waals surface area contributed by atoms with Crippen LogP contribution in [0.2, 0.25) is 0 Å². The number of benzene rings is 3. The summed E-state index contributed by atoms with van der Waals surface area (Å²) in [5.41, 5.74) is 11.1. The number of anilines is 3. The van der Waals surface area contributed by atoms with Gasteiger partial charge in [-0.15, -0.1) is 0 Å². The van der Waals surface area contributed by atoms with Crippen molar-refractivity contribution in [2.75, 3.05) is 67.8 Å². The minimum atomic E-state index is -0.276. The molecule has 0 spiro atoms. The van der Waals surface area contributed by atoms with Crippen LogP contribution in [0.4, 0.5) is 17.1 Å². The summed E-state index contributed by atoms with van der Waals surface area (Å²) in [5.74, 6) is -0.276. The van der Waals surface area contributed by atoms with Gasteiger partial charge in [-0.25, -0.2) is 5.43 Å². The lowest BCUT2D eigenvalue weighted by atomic mass is 10.2. The van der Waals surface area contributed by atoms with Crippen molar-refractivity contribution in [3.05, 3.63) is 89.5 Å². The van der Waals surface area contributed by atoms with Crippen LogP contribution in [0.3, 0.4) is 0 Å². The number of nitrogens with one attached hydrogen (secondary N) is 2. The first-order chi connectivity index (χ1) is 18.7. The monoisotopic (exact) mass is 512 g/mol. The van der Waals surface area contributed by atoms with E-state index in [2.05, 4.69) is 55.1 Å². The lowest BCUT2D eigenvalue weighted by molar-refractivity contribution is 0.0955. The number of carbonyl (C=O) groups is 1. The Hall–Kier alpha value is -4.21. The molecular weight excluding hydrogens is 480 g/mol. The van der Waals surface area contributed by atoms with Crippen molar-refractivity contribution in [3.8, 4) is 0 Å². The van der Waals surface area contributed by atoms with E-state index in [4.69, 9.17) is 9.47 Å². The normalized spacial score (nSPS) is 16.2. The Morgan fingerprint density at radius 3 is 1.63 bits per heavy atom. The molecule has 9 nitrogen and oxygen atoms in total. The second kappa shape index (κ2) is 12.8. The Kier molecular flexibility index (Phi) is 8.60. The van der Waals surface area contributed by atoms with Crippen molar-refractivity contribution in [2.45, 2.75) is 0 Å². The number of amides is 1. The standard InChI is InChI=1S/C29H32N6O3/c36-29(33-31-22-24-3-11-28(12-4-24)35-15-19-38-20-16-35)25-5-7-26(8-6-25)32-30-21-23-1-9-27(10-2-23)34-13-17-37-18-14-34/h1-12,21-22,32H,13-20H2,(H,33,36). The molecule has 5 rings (SSSR count). The predicted octanol–water partition coefficient (Wildman–Crippen LogP) is 3.57. The summed E-state index contributed by atoms with van der Waals surface area (Å²) < 4.78 is 10.8. The van der Waals surface area contributed by atoms with Crippen LogP contribution in [-0.2, 0) is 9.47 Å². The maximum Gasteiger partial charge on any atom is 0.271 e. The van der Waals surface area contributed by atoms with Gasteiger partial charge in [-0.3, -0.25) is 10.2 Å². The van der Waals surface area contributed by atoms with Gasteiger partial charge in [0, 0.05) is 43.1 Å². The zero-order valence-corrected chi connectivity index (χ0v) is 21.3. The minimum absolute atomic E-state index is 0.276. The molecule has 2 aliphatic heterocycles. The van der Waals surface area contributed by atoms with Crippen molar-refractivity contribution in [1.29, 1.82) is 0 Å². The van der Waals surface area contributed by atoms with Gasteiger partial charge in [0.05, 0.1) is 44.5 Å². The van der Waals surface area contributed by atoms with Crippen molar-refractivity contribution in [1.82, 2.24) is 5.43 Å². The first kappa shape index (κ1) is 25.4. The van der Waals surface area contributed by atoms with Crippen molar-refractivity contribution < 1.29 is 14.3 Å². The summed E-state index contributed by atoms with van der Waals surface area (Å²) in [6.45, 7) is 6.67. The lowest BCUT2D eigenvalue weighted by Crippen LogP contribution is -2.36. The summed E-state index contributed by atoms with van der Waals surface area (Å²) in [6, 6.07) is 23.5. The topological polar surface area (TPSA) is 90.8 Å². The summed E-state index contributed by atoms with van der Waals surface area (Å²) in [4.78, 5) is 17.1. The third-order valence-electron chi connectivity index (χ3n) is 6.47. The number of morpholine rings is 2. The molecule has 2 fully saturated rings. The first-order valence-electron chi connectivity index (χ1n) is 12.8. The van der Waals surface area contributed by atoms with Gasteiger partial charge in [-0.1, -0.05) is 24.3 Å². The fraction of sp³-hybridized carbons (Fsp3) is 0.276. The third kappa shape index (κ3) is 6.96. The number of nitrogens with zero attached hydrogens (tertiary/aromatic N) is 4. The first-order valence-corrected chi connectivity index (χ1v) is 12.8. The Bertz CT molecular complexity index is 1230. The fourth-order valence-corrected chi connectivity index (χ4v) is 4.29. The number of hydrogen-bond acceptors (Lipinski definition) is 8. The molecule has 1 amide bonds. The number of hydrogen-bond donors (Lipinski definition) is 2. The molecule has 3 aromatic carbocycles. The predicted molar refractivity (Wildman–Crippen MR) is 152 cm³/mol. The van der Waals surface area contributed by atoms with Gasteiger partial charge in [-0.05, 0) is 59.7 Å². The molecule has 0 atom stereocenters. The van der Waals surface area contributed by atoms with Gasteiger partial charge in [0.2, 0.25) is 0 Å². The number of hydrazone groups is 2. The average molecular weight is 513 g/mol. The molecule has 3 aromatic rings. The second-order valence-electron chi connectivity index (χ2n) is 9.03. The highest BCUT2D eigenvalue weighted by Crippen LogP contribution is 2.17. The van der Waals surface area contributed by atoms with E-state index in [1.54, 1.807) is 24.6 Å². The van der Waals surface area contributed by atoms with E-state index in [-0.39, 0.29) is 5.91 Å². The van der Waals surface area contributed by atoms with Gasteiger partial charge >= 0.3 is 0 Å². The molecular formula is C29H32N6O3. The fourth-order valence-electron chi connectivity index (χ4n) is 4.29. The summed E-state index contributed by atoms with van der Waals surface area (Å²) in [6.07, 6.45) is 3.41. The Balaban J connectivity index is 1.07. The number of ether oxygens (including phenoxy) is 2. The summed E-state index contributed by atoms with van der Waals surface area (Å²) in [5, 5.41) is 8.40. The molecule has 38 heavy (non-hydrogen) atoms. The number of carbonyl (C=O) groups excluding carboxylic acids is 1. The maximum atomic E-state index is 12.4. The van der Waals surface area contributed by atoms with Crippen LogP contribution in [0.15, 0.2) is 83.0 Å². The van der Waals surface area contributed by atoms with Crippen LogP contribution in [-0.4, -0.2) is 70.9 Å². The minimum Gasteiger partial charge on any atom is -0.378 e. The second-order valence-corrected chi connectivity index (χ2v) is 9.03. The Morgan fingerprint density at radius 2 is 1.13 bits per heavy atom. The van der Waals surface area contributed by atoms with Gasteiger partial charge in [0.25, 0.3) is 5.91 Å². The molecule has 0 aromatic heterocycles. The smallest absolute Gasteiger partial charge is 0.271 e. The molecule has 0 saturated carbocycles. The van der Waals surface area contributed by atoms with E-state index < -0.39 is 0 Å². The van der Waals surface area contributed by atoms with Crippen molar-refractivity contribution in [3.63, 3.8) is 0 Å². The molecule has 0 aliphatic carbocycles.